The first-order valence-corrected chi connectivity index (χ1v) is 7.82. The van der Waals surface area contributed by atoms with Gasteiger partial charge in [0.05, 0.1) is 10.5 Å². The lowest BCUT2D eigenvalue weighted by Gasteiger charge is -2.51. The first kappa shape index (κ1) is 15.2. The fraction of sp³-hybridized carbons (Fsp3) is 0.625. The van der Waals surface area contributed by atoms with E-state index >= 15 is 0 Å². The van der Waals surface area contributed by atoms with Crippen LogP contribution in [0.4, 0.5) is 5.69 Å². The molecule has 1 aromatic rings. The minimum absolute atomic E-state index is 0.00732. The van der Waals surface area contributed by atoms with E-state index in [1.54, 1.807) is 0 Å². The molecule has 1 saturated heterocycles. The fourth-order valence-corrected chi connectivity index (χ4v) is 4.17. The molecule has 1 saturated carbocycles. The van der Waals surface area contributed by atoms with Crippen LogP contribution in [0.2, 0.25) is 0 Å². The van der Waals surface area contributed by atoms with E-state index in [0.717, 1.165) is 38.6 Å². The van der Waals surface area contributed by atoms with E-state index in [0.29, 0.717) is 5.56 Å². The third-order valence-corrected chi connectivity index (χ3v) is 5.36. The van der Waals surface area contributed by atoms with Crippen LogP contribution in [0, 0.1) is 16.0 Å². The molecule has 6 nitrogen and oxygen atoms in total. The zero-order valence-electron chi connectivity index (χ0n) is 12.7. The number of nitro benzene ring substituents is 1. The van der Waals surface area contributed by atoms with Crippen molar-refractivity contribution in [1.82, 2.24) is 4.90 Å². The van der Waals surface area contributed by atoms with Crippen LogP contribution >= 0.6 is 0 Å². The smallest absolute Gasteiger partial charge is 0.270 e. The Balaban J connectivity index is 2.04. The van der Waals surface area contributed by atoms with Crippen molar-refractivity contribution in [2.45, 2.75) is 43.7 Å². The third-order valence-electron chi connectivity index (χ3n) is 5.36. The molecule has 1 heterocycles. The van der Waals surface area contributed by atoms with Gasteiger partial charge in [-0.3, -0.25) is 15.0 Å². The fourth-order valence-electron chi connectivity index (χ4n) is 4.17. The van der Waals surface area contributed by atoms with Crippen molar-refractivity contribution in [3.05, 3.63) is 33.9 Å². The second-order valence-electron chi connectivity index (χ2n) is 6.63. The van der Waals surface area contributed by atoms with Crippen molar-refractivity contribution >= 4 is 5.69 Å². The lowest BCUT2D eigenvalue weighted by molar-refractivity contribution is -0.385. The highest BCUT2D eigenvalue weighted by Gasteiger charge is 2.48. The van der Waals surface area contributed by atoms with Crippen LogP contribution in [0.15, 0.2) is 18.2 Å². The van der Waals surface area contributed by atoms with Crippen LogP contribution < -0.4 is 0 Å². The lowest BCUT2D eigenvalue weighted by Crippen LogP contribution is -2.53. The van der Waals surface area contributed by atoms with Gasteiger partial charge in [0.2, 0.25) is 0 Å². The summed E-state index contributed by atoms with van der Waals surface area (Å²) in [6, 6.07) is 3.97. The molecule has 120 valence electrons. The summed E-state index contributed by atoms with van der Waals surface area (Å²) in [6.07, 6.45) is 4.45. The van der Waals surface area contributed by atoms with Crippen molar-refractivity contribution in [1.29, 1.82) is 0 Å². The van der Waals surface area contributed by atoms with Crippen molar-refractivity contribution in [3.63, 3.8) is 0 Å². The van der Waals surface area contributed by atoms with E-state index in [1.165, 1.54) is 18.2 Å². The molecule has 0 amide bonds. The highest BCUT2D eigenvalue weighted by molar-refractivity contribution is 5.45. The van der Waals surface area contributed by atoms with Gasteiger partial charge < -0.3 is 10.2 Å². The van der Waals surface area contributed by atoms with Gasteiger partial charge >= 0.3 is 0 Å². The monoisotopic (exact) mass is 306 g/mol. The zero-order valence-corrected chi connectivity index (χ0v) is 12.7. The summed E-state index contributed by atoms with van der Waals surface area (Å²) in [7, 11) is 1.96. The highest BCUT2D eigenvalue weighted by atomic mass is 16.6. The number of rotatable bonds is 2. The molecule has 1 aromatic carbocycles. The number of nitrogens with zero attached hydrogens (tertiary/aromatic N) is 2. The Kier molecular flexibility index (Phi) is 3.82. The van der Waals surface area contributed by atoms with Crippen LogP contribution in [-0.2, 0) is 0 Å². The number of hydrogen-bond donors (Lipinski definition) is 2. The van der Waals surface area contributed by atoms with Gasteiger partial charge in [-0.05, 0) is 32.4 Å². The Hall–Kier alpha value is -1.66. The minimum atomic E-state index is -0.716. The van der Waals surface area contributed by atoms with Gasteiger partial charge in [-0.1, -0.05) is 12.8 Å². The standard InChI is InChI=1S/C16H22N2O4/c1-17-9-8-16(20)7-3-2-4-13(16)15(17)12-10-11(18(21)22)5-6-14(12)19/h5-6,10,13,15,19-20H,2-4,7-9H2,1H3/t13-,15-,16+/m0/s1. The number of phenolic OH excluding ortho intramolecular Hbond substituents is 1. The Morgan fingerprint density at radius 2 is 2.14 bits per heavy atom. The molecule has 1 aliphatic heterocycles. The van der Waals surface area contributed by atoms with Gasteiger partial charge in [0.1, 0.15) is 5.75 Å². The van der Waals surface area contributed by atoms with Crippen LogP contribution in [0.3, 0.4) is 0 Å². The number of piperidine rings is 1. The van der Waals surface area contributed by atoms with E-state index in [1.807, 2.05) is 7.05 Å². The molecule has 6 heteroatoms. The second kappa shape index (κ2) is 5.52. The van der Waals surface area contributed by atoms with Crippen LogP contribution in [0.1, 0.15) is 43.7 Å². The maximum atomic E-state index is 11.0. The molecule has 2 N–H and O–H groups in total. The normalized spacial score (nSPS) is 32.5. The van der Waals surface area contributed by atoms with E-state index in [2.05, 4.69) is 4.90 Å². The van der Waals surface area contributed by atoms with Gasteiger partial charge in [0.15, 0.2) is 0 Å². The number of non-ortho nitro benzene ring substituents is 1. The SMILES string of the molecule is CN1CC[C@]2(O)CCCC[C@H]2[C@@H]1c1cc([N+](=O)[O-])ccc1O. The number of aliphatic hydroxyl groups is 1. The molecule has 0 radical (unpaired) electrons. The highest BCUT2D eigenvalue weighted by Crippen LogP contribution is 2.50. The number of hydrogen-bond acceptors (Lipinski definition) is 5. The van der Waals surface area contributed by atoms with E-state index in [9.17, 15) is 20.3 Å². The number of fused-ring (bicyclic) bond motifs is 1. The zero-order chi connectivity index (χ0) is 15.9. The Morgan fingerprint density at radius 3 is 2.86 bits per heavy atom. The molecule has 0 bridgehead atoms. The average molecular weight is 306 g/mol. The Labute approximate surface area is 129 Å². The molecule has 1 aliphatic carbocycles. The molecule has 0 aromatic heterocycles. The molecular weight excluding hydrogens is 284 g/mol. The summed E-state index contributed by atoms with van der Waals surface area (Å²) in [6.45, 7) is 0.722. The molecule has 3 rings (SSSR count). The summed E-state index contributed by atoms with van der Waals surface area (Å²) in [4.78, 5) is 12.7. The minimum Gasteiger partial charge on any atom is -0.508 e. The lowest BCUT2D eigenvalue weighted by atomic mass is 9.66. The quantitative estimate of drug-likeness (QED) is 0.648. The summed E-state index contributed by atoms with van der Waals surface area (Å²) >= 11 is 0. The molecule has 2 aliphatic rings. The predicted molar refractivity (Wildman–Crippen MR) is 81.7 cm³/mol. The number of nitro groups is 1. The summed E-state index contributed by atoms with van der Waals surface area (Å²) < 4.78 is 0. The van der Waals surface area contributed by atoms with Crippen molar-refractivity contribution in [2.75, 3.05) is 13.6 Å². The summed E-state index contributed by atoms with van der Waals surface area (Å²) in [5.41, 5.74) is -0.181. The molecule has 22 heavy (non-hydrogen) atoms. The largest absolute Gasteiger partial charge is 0.508 e. The molecule has 0 spiro atoms. The first-order valence-electron chi connectivity index (χ1n) is 7.82. The molecule has 2 fully saturated rings. The molecule has 3 atom stereocenters. The predicted octanol–water partition coefficient (Wildman–Crippen LogP) is 2.60. The van der Waals surface area contributed by atoms with Gasteiger partial charge in [-0.2, -0.15) is 0 Å². The van der Waals surface area contributed by atoms with Gasteiger partial charge in [0, 0.05) is 36.2 Å². The van der Waals surface area contributed by atoms with Crippen LogP contribution in [0.25, 0.3) is 0 Å². The van der Waals surface area contributed by atoms with Gasteiger partial charge in [-0.25, -0.2) is 0 Å². The average Bonchev–Trinajstić information content (AvgIpc) is 2.48. The van der Waals surface area contributed by atoms with Crippen molar-refractivity contribution in [3.8, 4) is 5.75 Å². The molecular formula is C16H22N2O4. The van der Waals surface area contributed by atoms with E-state index in [-0.39, 0.29) is 23.4 Å². The number of phenols is 1. The number of aromatic hydroxyl groups is 1. The van der Waals surface area contributed by atoms with Crippen LogP contribution in [-0.4, -0.2) is 39.2 Å². The second-order valence-corrected chi connectivity index (χ2v) is 6.63. The van der Waals surface area contributed by atoms with E-state index < -0.39 is 10.5 Å². The summed E-state index contributed by atoms with van der Waals surface area (Å²) in [5.74, 6) is 0.0742. The molecule has 0 unspecified atom stereocenters. The summed E-state index contributed by atoms with van der Waals surface area (Å²) in [5, 5.41) is 32.2. The van der Waals surface area contributed by atoms with Crippen molar-refractivity contribution < 1.29 is 15.1 Å². The van der Waals surface area contributed by atoms with E-state index in [4.69, 9.17) is 0 Å². The topological polar surface area (TPSA) is 86.8 Å². The Morgan fingerprint density at radius 1 is 1.36 bits per heavy atom. The maximum Gasteiger partial charge on any atom is 0.270 e. The maximum absolute atomic E-state index is 11.0. The first-order chi connectivity index (χ1) is 10.4. The van der Waals surface area contributed by atoms with Crippen LogP contribution in [0.5, 0.6) is 5.75 Å². The number of likely N-dealkylation sites (tertiary alicyclic amines) is 1. The van der Waals surface area contributed by atoms with Gasteiger partial charge in [0.25, 0.3) is 5.69 Å². The van der Waals surface area contributed by atoms with Crippen molar-refractivity contribution in [2.24, 2.45) is 5.92 Å². The Bertz CT molecular complexity index is 592. The third kappa shape index (κ3) is 2.46. The number of benzene rings is 1. The van der Waals surface area contributed by atoms with Gasteiger partial charge in [-0.15, -0.1) is 0 Å².